The Bertz CT molecular complexity index is 801. The molecule has 2 fully saturated rings. The first kappa shape index (κ1) is 20.6. The standard InChI is InChI=1S/C23H29NO6/c1-27-19-13-16(14-20-23(19)29-12-11-28-20)8-9-22(26)30-15-21(25)24-10-4-6-17-5-2-3-7-18(17)24/h8-9,13-14,17-18H,2-7,10-12,15H2,1H3/b9-8+/t17-,18-/m1/s1. The number of ether oxygens (including phenoxy) is 4. The number of esters is 1. The molecular formula is C23H29NO6. The lowest BCUT2D eigenvalue weighted by atomic mass is 9.78. The molecule has 0 radical (unpaired) electrons. The SMILES string of the molecule is COc1cc(/C=C/C(=O)OCC(=O)N2CCC[C@H]3CCCC[C@H]32)cc2c1OCCO2. The van der Waals surface area contributed by atoms with Gasteiger partial charge in [0.15, 0.2) is 18.1 Å². The van der Waals surface area contributed by atoms with Gasteiger partial charge in [0.05, 0.1) is 7.11 Å². The first-order chi connectivity index (χ1) is 14.7. The van der Waals surface area contributed by atoms with Gasteiger partial charge in [-0.25, -0.2) is 4.79 Å². The highest BCUT2D eigenvalue weighted by Gasteiger charge is 2.35. The number of likely N-dealkylation sites (tertiary alicyclic amines) is 1. The number of hydrogen-bond donors (Lipinski definition) is 0. The summed E-state index contributed by atoms with van der Waals surface area (Å²) in [6.45, 7) is 1.49. The van der Waals surface area contributed by atoms with Crippen molar-refractivity contribution in [2.45, 2.75) is 44.6 Å². The molecule has 1 aromatic rings. The van der Waals surface area contributed by atoms with E-state index < -0.39 is 5.97 Å². The molecule has 30 heavy (non-hydrogen) atoms. The minimum atomic E-state index is -0.547. The van der Waals surface area contributed by atoms with Crippen molar-refractivity contribution in [2.24, 2.45) is 5.92 Å². The highest BCUT2D eigenvalue weighted by atomic mass is 16.6. The van der Waals surface area contributed by atoms with E-state index in [2.05, 4.69) is 0 Å². The number of methoxy groups -OCH3 is 1. The van der Waals surface area contributed by atoms with Crippen LogP contribution < -0.4 is 14.2 Å². The normalized spacial score (nSPS) is 23.0. The molecule has 7 heteroatoms. The molecule has 2 aliphatic heterocycles. The Morgan fingerprint density at radius 3 is 2.80 bits per heavy atom. The molecular weight excluding hydrogens is 386 g/mol. The van der Waals surface area contributed by atoms with Gasteiger partial charge in [0.1, 0.15) is 13.2 Å². The van der Waals surface area contributed by atoms with E-state index >= 15 is 0 Å². The van der Waals surface area contributed by atoms with Crippen LogP contribution >= 0.6 is 0 Å². The van der Waals surface area contributed by atoms with Gasteiger partial charge in [-0.2, -0.15) is 0 Å². The van der Waals surface area contributed by atoms with E-state index in [0.29, 0.717) is 42.4 Å². The van der Waals surface area contributed by atoms with Crippen molar-refractivity contribution in [2.75, 3.05) is 33.5 Å². The monoisotopic (exact) mass is 415 g/mol. The van der Waals surface area contributed by atoms with Crippen LogP contribution in [0, 0.1) is 5.92 Å². The van der Waals surface area contributed by atoms with E-state index in [-0.39, 0.29) is 12.5 Å². The Hall–Kier alpha value is -2.70. The summed E-state index contributed by atoms with van der Waals surface area (Å²) in [6.07, 6.45) is 9.87. The summed E-state index contributed by atoms with van der Waals surface area (Å²) in [7, 11) is 1.55. The van der Waals surface area contributed by atoms with Crippen molar-refractivity contribution in [1.82, 2.24) is 4.90 Å². The molecule has 0 N–H and O–H groups in total. The zero-order valence-corrected chi connectivity index (χ0v) is 17.4. The van der Waals surface area contributed by atoms with E-state index in [9.17, 15) is 9.59 Å². The molecule has 2 heterocycles. The van der Waals surface area contributed by atoms with Crippen LogP contribution in [0.3, 0.4) is 0 Å². The van der Waals surface area contributed by atoms with Gasteiger partial charge in [-0.15, -0.1) is 0 Å². The number of nitrogens with zero attached hydrogens (tertiary/aromatic N) is 1. The van der Waals surface area contributed by atoms with Crippen LogP contribution in [-0.4, -0.2) is 56.3 Å². The molecule has 1 aliphatic carbocycles. The number of benzene rings is 1. The Kier molecular flexibility index (Phi) is 6.45. The van der Waals surface area contributed by atoms with Crippen molar-refractivity contribution in [3.63, 3.8) is 0 Å². The maximum Gasteiger partial charge on any atom is 0.331 e. The molecule has 2 atom stereocenters. The van der Waals surface area contributed by atoms with E-state index in [4.69, 9.17) is 18.9 Å². The van der Waals surface area contributed by atoms with Gasteiger partial charge in [0.25, 0.3) is 5.91 Å². The third-order valence-corrected chi connectivity index (χ3v) is 6.16. The van der Waals surface area contributed by atoms with Crippen LogP contribution in [0.5, 0.6) is 17.2 Å². The van der Waals surface area contributed by atoms with Crippen molar-refractivity contribution in [1.29, 1.82) is 0 Å². The smallest absolute Gasteiger partial charge is 0.331 e. The molecule has 4 rings (SSSR count). The zero-order chi connectivity index (χ0) is 20.9. The summed E-state index contributed by atoms with van der Waals surface area (Å²) < 4.78 is 21.7. The van der Waals surface area contributed by atoms with Crippen LogP contribution in [0.1, 0.15) is 44.1 Å². The lowest BCUT2D eigenvalue weighted by molar-refractivity contribution is -0.151. The van der Waals surface area contributed by atoms with Crippen molar-refractivity contribution < 1.29 is 28.5 Å². The third kappa shape index (κ3) is 4.55. The molecule has 162 valence electrons. The average Bonchev–Trinajstić information content (AvgIpc) is 2.80. The first-order valence-electron chi connectivity index (χ1n) is 10.8. The summed E-state index contributed by atoms with van der Waals surface area (Å²) in [5.41, 5.74) is 0.723. The summed E-state index contributed by atoms with van der Waals surface area (Å²) in [5.74, 6) is 1.66. The molecule has 0 spiro atoms. The molecule has 0 unspecified atom stereocenters. The molecule has 0 aromatic heterocycles. The minimum absolute atomic E-state index is 0.0886. The number of fused-ring (bicyclic) bond motifs is 2. The quantitative estimate of drug-likeness (QED) is 0.543. The molecule has 1 aromatic carbocycles. The Labute approximate surface area is 176 Å². The maximum atomic E-state index is 12.7. The Morgan fingerprint density at radius 2 is 1.93 bits per heavy atom. The van der Waals surface area contributed by atoms with Crippen LogP contribution in [-0.2, 0) is 14.3 Å². The molecule has 3 aliphatic rings. The number of piperidine rings is 1. The minimum Gasteiger partial charge on any atom is -0.493 e. The lowest BCUT2D eigenvalue weighted by Crippen LogP contribution is -2.50. The van der Waals surface area contributed by atoms with Gasteiger partial charge in [0, 0.05) is 18.7 Å². The zero-order valence-electron chi connectivity index (χ0n) is 17.4. The van der Waals surface area contributed by atoms with Gasteiger partial charge in [-0.1, -0.05) is 12.8 Å². The van der Waals surface area contributed by atoms with Crippen LogP contribution in [0.4, 0.5) is 0 Å². The first-order valence-corrected chi connectivity index (χ1v) is 10.8. The van der Waals surface area contributed by atoms with Crippen LogP contribution in [0.25, 0.3) is 6.08 Å². The number of amides is 1. The second-order valence-corrected chi connectivity index (χ2v) is 8.03. The second-order valence-electron chi connectivity index (χ2n) is 8.03. The van der Waals surface area contributed by atoms with Gasteiger partial charge in [-0.05, 0) is 55.4 Å². The average molecular weight is 415 g/mol. The predicted octanol–water partition coefficient (Wildman–Crippen LogP) is 3.20. The Balaban J connectivity index is 1.33. The second kappa shape index (κ2) is 9.41. The molecule has 7 nitrogen and oxygen atoms in total. The summed E-state index contributed by atoms with van der Waals surface area (Å²) >= 11 is 0. The molecule has 1 saturated carbocycles. The fourth-order valence-electron chi connectivity index (χ4n) is 4.75. The molecule has 1 amide bonds. The van der Waals surface area contributed by atoms with E-state index in [1.54, 1.807) is 25.3 Å². The fraction of sp³-hybridized carbons (Fsp3) is 0.565. The van der Waals surface area contributed by atoms with Crippen molar-refractivity contribution >= 4 is 18.0 Å². The Morgan fingerprint density at radius 1 is 1.13 bits per heavy atom. The largest absolute Gasteiger partial charge is 0.493 e. The van der Waals surface area contributed by atoms with Crippen LogP contribution in [0.2, 0.25) is 0 Å². The van der Waals surface area contributed by atoms with Crippen molar-refractivity contribution in [3.8, 4) is 17.2 Å². The summed E-state index contributed by atoms with van der Waals surface area (Å²) in [6, 6.07) is 3.86. The summed E-state index contributed by atoms with van der Waals surface area (Å²) in [5, 5.41) is 0. The summed E-state index contributed by atoms with van der Waals surface area (Å²) in [4.78, 5) is 26.8. The predicted molar refractivity (Wildman–Crippen MR) is 111 cm³/mol. The maximum absolute atomic E-state index is 12.7. The topological polar surface area (TPSA) is 74.3 Å². The molecule has 1 saturated heterocycles. The number of carbonyl (C=O) groups excluding carboxylic acids is 2. The van der Waals surface area contributed by atoms with E-state index in [0.717, 1.165) is 24.9 Å². The van der Waals surface area contributed by atoms with Crippen LogP contribution in [0.15, 0.2) is 18.2 Å². The van der Waals surface area contributed by atoms with Gasteiger partial charge in [-0.3, -0.25) is 4.79 Å². The highest BCUT2D eigenvalue weighted by molar-refractivity contribution is 5.89. The highest BCUT2D eigenvalue weighted by Crippen LogP contribution is 2.40. The fourth-order valence-corrected chi connectivity index (χ4v) is 4.75. The van der Waals surface area contributed by atoms with Crippen molar-refractivity contribution in [3.05, 3.63) is 23.8 Å². The number of hydrogen-bond acceptors (Lipinski definition) is 6. The van der Waals surface area contributed by atoms with Gasteiger partial charge in [0.2, 0.25) is 5.75 Å². The third-order valence-electron chi connectivity index (χ3n) is 6.16. The van der Waals surface area contributed by atoms with E-state index in [1.165, 1.54) is 31.8 Å². The number of rotatable bonds is 5. The van der Waals surface area contributed by atoms with Gasteiger partial charge >= 0.3 is 5.97 Å². The molecule has 0 bridgehead atoms. The van der Waals surface area contributed by atoms with E-state index in [1.807, 2.05) is 4.90 Å². The van der Waals surface area contributed by atoms with Gasteiger partial charge < -0.3 is 23.8 Å². The number of carbonyl (C=O) groups is 2. The lowest BCUT2D eigenvalue weighted by Gasteiger charge is -2.44.